The zero-order valence-electron chi connectivity index (χ0n) is 11.1. The van der Waals surface area contributed by atoms with E-state index < -0.39 is 0 Å². The summed E-state index contributed by atoms with van der Waals surface area (Å²) in [6, 6.07) is 8.07. The van der Waals surface area contributed by atoms with Gasteiger partial charge in [0.05, 0.1) is 19.0 Å². The lowest BCUT2D eigenvalue weighted by Crippen LogP contribution is -2.13. The van der Waals surface area contributed by atoms with E-state index in [4.69, 9.17) is 9.47 Å². The van der Waals surface area contributed by atoms with Crippen LogP contribution in [0.15, 0.2) is 30.5 Å². The molecule has 0 radical (unpaired) electrons. The number of rotatable bonds is 5. The molecule has 1 aromatic rings. The second-order valence-corrected chi connectivity index (χ2v) is 4.70. The van der Waals surface area contributed by atoms with Crippen LogP contribution in [0.2, 0.25) is 0 Å². The Morgan fingerprint density at radius 3 is 2.50 bits per heavy atom. The van der Waals surface area contributed by atoms with Crippen molar-refractivity contribution in [3.05, 3.63) is 36.1 Å². The molecule has 2 rings (SSSR count). The van der Waals surface area contributed by atoms with Gasteiger partial charge in [-0.25, -0.2) is 0 Å². The average Bonchev–Trinajstić information content (AvgIpc) is 2.42. The van der Waals surface area contributed by atoms with Gasteiger partial charge in [-0.05, 0) is 56.4 Å². The van der Waals surface area contributed by atoms with Gasteiger partial charge in [-0.3, -0.25) is 0 Å². The van der Waals surface area contributed by atoms with E-state index in [9.17, 15) is 0 Å². The zero-order chi connectivity index (χ0) is 12.6. The minimum Gasteiger partial charge on any atom is -0.498 e. The molecule has 0 atom stereocenters. The molecule has 0 heterocycles. The van der Waals surface area contributed by atoms with E-state index in [2.05, 4.69) is 0 Å². The van der Waals surface area contributed by atoms with Crippen LogP contribution in [0.25, 0.3) is 6.08 Å². The van der Waals surface area contributed by atoms with Gasteiger partial charge in [-0.2, -0.15) is 0 Å². The fourth-order valence-electron chi connectivity index (χ4n) is 2.27. The van der Waals surface area contributed by atoms with E-state index in [1.807, 2.05) is 43.5 Å². The maximum Gasteiger partial charge on any atom is 0.119 e. The summed E-state index contributed by atoms with van der Waals surface area (Å²) in [6.07, 6.45) is 10.7. The van der Waals surface area contributed by atoms with E-state index in [1.165, 1.54) is 32.1 Å². The smallest absolute Gasteiger partial charge is 0.119 e. The lowest BCUT2D eigenvalue weighted by Gasteiger charge is -2.20. The summed E-state index contributed by atoms with van der Waals surface area (Å²) in [7, 11) is 0. The van der Waals surface area contributed by atoms with Gasteiger partial charge in [0.1, 0.15) is 5.75 Å². The van der Waals surface area contributed by atoms with Crippen LogP contribution in [0.3, 0.4) is 0 Å². The first-order chi connectivity index (χ1) is 8.88. The first-order valence-electron chi connectivity index (χ1n) is 6.93. The van der Waals surface area contributed by atoms with Crippen molar-refractivity contribution in [3.8, 4) is 5.75 Å². The molecule has 98 valence electrons. The monoisotopic (exact) mass is 246 g/mol. The number of benzene rings is 1. The second-order valence-electron chi connectivity index (χ2n) is 4.70. The molecule has 1 saturated carbocycles. The first-order valence-corrected chi connectivity index (χ1v) is 6.93. The SMILES string of the molecule is CCOc1ccc(C=COC2CCCCC2)cc1. The molecule has 0 aliphatic heterocycles. The largest absolute Gasteiger partial charge is 0.498 e. The van der Waals surface area contributed by atoms with E-state index in [0.29, 0.717) is 12.7 Å². The van der Waals surface area contributed by atoms with Crippen LogP contribution in [0.5, 0.6) is 5.75 Å². The van der Waals surface area contributed by atoms with Crippen LogP contribution < -0.4 is 4.74 Å². The molecule has 0 unspecified atom stereocenters. The average molecular weight is 246 g/mol. The molecule has 1 aliphatic carbocycles. The van der Waals surface area contributed by atoms with Crippen molar-refractivity contribution in [2.45, 2.75) is 45.1 Å². The number of ether oxygens (including phenoxy) is 2. The predicted molar refractivity (Wildman–Crippen MR) is 74.6 cm³/mol. The zero-order valence-corrected chi connectivity index (χ0v) is 11.1. The lowest BCUT2D eigenvalue weighted by atomic mass is 9.98. The van der Waals surface area contributed by atoms with Gasteiger partial charge >= 0.3 is 0 Å². The Hall–Kier alpha value is -1.44. The Labute approximate surface area is 110 Å². The highest BCUT2D eigenvalue weighted by molar-refractivity contribution is 5.49. The predicted octanol–water partition coefficient (Wildman–Crippen LogP) is 4.41. The summed E-state index contributed by atoms with van der Waals surface area (Å²) < 4.78 is 11.2. The Morgan fingerprint density at radius 1 is 1.11 bits per heavy atom. The number of hydrogen-bond acceptors (Lipinski definition) is 2. The van der Waals surface area contributed by atoms with Crippen LogP contribution in [0.1, 0.15) is 44.6 Å². The fourth-order valence-corrected chi connectivity index (χ4v) is 2.27. The molecular formula is C16H22O2. The van der Waals surface area contributed by atoms with Gasteiger partial charge in [0, 0.05) is 0 Å². The maximum absolute atomic E-state index is 5.75. The van der Waals surface area contributed by atoms with Crippen LogP contribution >= 0.6 is 0 Å². The standard InChI is InChI=1S/C16H22O2/c1-2-17-16-10-8-14(9-11-16)12-13-18-15-6-4-3-5-7-15/h8-13,15H,2-7H2,1H3. The third kappa shape index (κ3) is 4.10. The Kier molecular flexibility index (Phi) is 5.13. The molecule has 0 N–H and O–H groups in total. The molecule has 2 heteroatoms. The molecule has 0 aromatic heterocycles. The highest BCUT2D eigenvalue weighted by Gasteiger charge is 2.12. The topological polar surface area (TPSA) is 18.5 Å². The molecule has 0 bridgehead atoms. The second kappa shape index (κ2) is 7.10. The van der Waals surface area contributed by atoms with Crippen LogP contribution in [-0.4, -0.2) is 12.7 Å². The van der Waals surface area contributed by atoms with Crippen molar-refractivity contribution in [1.82, 2.24) is 0 Å². The first kappa shape index (κ1) is 13.0. The molecular weight excluding hydrogens is 224 g/mol. The normalized spacial score (nSPS) is 16.9. The summed E-state index contributed by atoms with van der Waals surface area (Å²) in [5.74, 6) is 0.919. The van der Waals surface area contributed by atoms with E-state index >= 15 is 0 Å². The Morgan fingerprint density at radius 2 is 1.83 bits per heavy atom. The summed E-state index contributed by atoms with van der Waals surface area (Å²) in [5.41, 5.74) is 1.15. The maximum atomic E-state index is 5.75. The summed E-state index contributed by atoms with van der Waals surface area (Å²) in [5, 5.41) is 0. The van der Waals surface area contributed by atoms with Crippen molar-refractivity contribution in [2.75, 3.05) is 6.61 Å². The highest BCUT2D eigenvalue weighted by Crippen LogP contribution is 2.21. The minimum atomic E-state index is 0.428. The fraction of sp³-hybridized carbons (Fsp3) is 0.500. The van der Waals surface area contributed by atoms with Gasteiger partial charge in [0.15, 0.2) is 0 Å². The van der Waals surface area contributed by atoms with Crippen molar-refractivity contribution < 1.29 is 9.47 Å². The van der Waals surface area contributed by atoms with Crippen molar-refractivity contribution in [2.24, 2.45) is 0 Å². The van der Waals surface area contributed by atoms with Crippen molar-refractivity contribution in [1.29, 1.82) is 0 Å². The third-order valence-electron chi connectivity index (χ3n) is 3.27. The molecule has 0 spiro atoms. The van der Waals surface area contributed by atoms with Crippen LogP contribution in [0, 0.1) is 0 Å². The molecule has 2 nitrogen and oxygen atoms in total. The molecule has 0 amide bonds. The van der Waals surface area contributed by atoms with Crippen molar-refractivity contribution >= 4 is 6.08 Å². The summed E-state index contributed by atoms with van der Waals surface area (Å²) in [6.45, 7) is 2.70. The van der Waals surface area contributed by atoms with Crippen LogP contribution in [-0.2, 0) is 4.74 Å². The van der Waals surface area contributed by atoms with E-state index in [1.54, 1.807) is 0 Å². The Bertz CT molecular complexity index is 361. The van der Waals surface area contributed by atoms with Gasteiger partial charge in [0.2, 0.25) is 0 Å². The van der Waals surface area contributed by atoms with E-state index in [0.717, 1.165) is 11.3 Å². The molecule has 18 heavy (non-hydrogen) atoms. The molecule has 1 aliphatic rings. The lowest BCUT2D eigenvalue weighted by molar-refractivity contribution is 0.108. The van der Waals surface area contributed by atoms with E-state index in [-0.39, 0.29) is 0 Å². The molecule has 0 saturated heterocycles. The highest BCUT2D eigenvalue weighted by atomic mass is 16.5. The summed E-state index contributed by atoms with van der Waals surface area (Å²) in [4.78, 5) is 0. The third-order valence-corrected chi connectivity index (χ3v) is 3.27. The van der Waals surface area contributed by atoms with Gasteiger partial charge in [0.25, 0.3) is 0 Å². The van der Waals surface area contributed by atoms with Gasteiger partial charge < -0.3 is 9.47 Å². The molecule has 1 aromatic carbocycles. The quantitative estimate of drug-likeness (QED) is 0.717. The van der Waals surface area contributed by atoms with Gasteiger partial charge in [-0.1, -0.05) is 18.6 Å². The summed E-state index contributed by atoms with van der Waals surface area (Å²) >= 11 is 0. The van der Waals surface area contributed by atoms with Crippen molar-refractivity contribution in [3.63, 3.8) is 0 Å². The Balaban J connectivity index is 1.80. The number of hydrogen-bond donors (Lipinski definition) is 0. The molecule has 1 fully saturated rings. The van der Waals surface area contributed by atoms with Gasteiger partial charge in [-0.15, -0.1) is 0 Å². The van der Waals surface area contributed by atoms with Crippen LogP contribution in [0.4, 0.5) is 0 Å². The minimum absolute atomic E-state index is 0.428.